The minimum absolute atomic E-state index is 0.0373. The number of amides is 2. The molecule has 0 bridgehead atoms. The molecule has 1 fully saturated rings. The SMILES string of the molecule is CC(C)(C)OC(=O)N[C@H]1CCCN(C(=O)c2cc(F)c(Br)cc2F)C1. The van der Waals surface area contributed by atoms with E-state index >= 15 is 0 Å². The van der Waals surface area contributed by atoms with Crippen molar-refractivity contribution in [2.75, 3.05) is 13.1 Å². The summed E-state index contributed by atoms with van der Waals surface area (Å²) in [6.45, 7) is 5.91. The number of hydrogen-bond acceptors (Lipinski definition) is 3. The molecule has 25 heavy (non-hydrogen) atoms. The molecule has 5 nitrogen and oxygen atoms in total. The van der Waals surface area contributed by atoms with E-state index in [1.165, 1.54) is 4.90 Å². The summed E-state index contributed by atoms with van der Waals surface area (Å²) in [4.78, 5) is 25.8. The van der Waals surface area contributed by atoms with Gasteiger partial charge in [-0.3, -0.25) is 4.79 Å². The van der Waals surface area contributed by atoms with Crippen LogP contribution in [0.2, 0.25) is 0 Å². The summed E-state index contributed by atoms with van der Waals surface area (Å²) < 4.78 is 32.8. The van der Waals surface area contributed by atoms with Crippen LogP contribution in [0.5, 0.6) is 0 Å². The van der Waals surface area contributed by atoms with Crippen LogP contribution in [0, 0.1) is 11.6 Å². The van der Waals surface area contributed by atoms with E-state index in [-0.39, 0.29) is 22.6 Å². The minimum Gasteiger partial charge on any atom is -0.444 e. The van der Waals surface area contributed by atoms with Gasteiger partial charge in [0.25, 0.3) is 5.91 Å². The number of carbonyl (C=O) groups is 2. The Kier molecular flexibility index (Phi) is 6.03. The highest BCUT2D eigenvalue weighted by atomic mass is 79.9. The maximum atomic E-state index is 14.0. The molecule has 2 amide bonds. The van der Waals surface area contributed by atoms with Crippen molar-refractivity contribution in [3.63, 3.8) is 0 Å². The van der Waals surface area contributed by atoms with Crippen LogP contribution in [0.4, 0.5) is 13.6 Å². The van der Waals surface area contributed by atoms with Gasteiger partial charge in [-0.2, -0.15) is 0 Å². The lowest BCUT2D eigenvalue weighted by atomic mass is 10.0. The van der Waals surface area contributed by atoms with Crippen LogP contribution in [-0.2, 0) is 4.74 Å². The van der Waals surface area contributed by atoms with Crippen LogP contribution in [0.25, 0.3) is 0 Å². The first kappa shape index (κ1) is 19.6. The number of nitrogens with one attached hydrogen (secondary N) is 1. The maximum absolute atomic E-state index is 14.0. The molecular formula is C17H21BrF2N2O3. The first-order chi connectivity index (χ1) is 11.6. The molecule has 0 radical (unpaired) electrons. The number of halogens is 3. The molecule has 0 saturated carbocycles. The van der Waals surface area contributed by atoms with Crippen molar-refractivity contribution in [2.45, 2.75) is 45.3 Å². The standard InChI is InChI=1S/C17H21BrF2N2O3/c1-17(2,3)25-16(24)21-10-5-4-6-22(9-10)15(23)11-7-14(20)12(18)8-13(11)19/h7-8,10H,4-6,9H2,1-3H3,(H,21,24)/t10-/m0/s1. The molecule has 1 saturated heterocycles. The topological polar surface area (TPSA) is 58.6 Å². The van der Waals surface area contributed by atoms with Gasteiger partial charge in [0.2, 0.25) is 0 Å². The molecule has 8 heteroatoms. The monoisotopic (exact) mass is 418 g/mol. The Morgan fingerprint density at radius 3 is 2.60 bits per heavy atom. The summed E-state index contributed by atoms with van der Waals surface area (Å²) in [6.07, 6.45) is 0.764. The molecule has 2 rings (SSSR count). The van der Waals surface area contributed by atoms with Gasteiger partial charge in [-0.25, -0.2) is 13.6 Å². The Morgan fingerprint density at radius 1 is 1.28 bits per heavy atom. The van der Waals surface area contributed by atoms with Crippen molar-refractivity contribution in [3.05, 3.63) is 33.8 Å². The van der Waals surface area contributed by atoms with E-state index < -0.39 is 29.2 Å². The van der Waals surface area contributed by atoms with E-state index in [2.05, 4.69) is 21.2 Å². The smallest absolute Gasteiger partial charge is 0.407 e. The molecule has 1 aliphatic heterocycles. The van der Waals surface area contributed by atoms with Crippen LogP contribution in [0.1, 0.15) is 44.0 Å². The second-order valence-electron chi connectivity index (χ2n) is 6.98. The number of hydrogen-bond donors (Lipinski definition) is 1. The zero-order chi connectivity index (χ0) is 18.8. The van der Waals surface area contributed by atoms with E-state index in [1.807, 2.05) is 0 Å². The van der Waals surface area contributed by atoms with Gasteiger partial charge in [-0.15, -0.1) is 0 Å². The largest absolute Gasteiger partial charge is 0.444 e. The molecule has 1 aromatic rings. The van der Waals surface area contributed by atoms with Gasteiger partial charge in [-0.05, 0) is 61.7 Å². The van der Waals surface area contributed by atoms with E-state index in [4.69, 9.17) is 4.74 Å². The molecule has 1 N–H and O–H groups in total. The van der Waals surface area contributed by atoms with Crippen molar-refractivity contribution in [2.24, 2.45) is 0 Å². The Balaban J connectivity index is 2.04. The molecule has 1 aromatic carbocycles. The lowest BCUT2D eigenvalue weighted by Crippen LogP contribution is -2.50. The Hall–Kier alpha value is -1.70. The Labute approximate surface area is 153 Å². The third kappa shape index (κ3) is 5.39. The van der Waals surface area contributed by atoms with Crippen molar-refractivity contribution in [3.8, 4) is 0 Å². The highest BCUT2D eigenvalue weighted by molar-refractivity contribution is 9.10. The molecule has 1 aliphatic rings. The minimum atomic E-state index is -0.791. The summed E-state index contributed by atoms with van der Waals surface area (Å²) in [7, 11) is 0. The molecule has 0 spiro atoms. The number of carbonyl (C=O) groups excluding carboxylic acids is 2. The van der Waals surface area contributed by atoms with E-state index in [9.17, 15) is 18.4 Å². The quantitative estimate of drug-likeness (QED) is 0.741. The highest BCUT2D eigenvalue weighted by Crippen LogP contribution is 2.22. The van der Waals surface area contributed by atoms with Crippen molar-refractivity contribution in [1.82, 2.24) is 10.2 Å². The summed E-state index contributed by atoms with van der Waals surface area (Å²) in [6, 6.07) is 1.52. The van der Waals surface area contributed by atoms with Crippen LogP contribution in [0.15, 0.2) is 16.6 Å². The van der Waals surface area contributed by atoms with Gasteiger partial charge in [0, 0.05) is 19.1 Å². The molecule has 0 aliphatic carbocycles. The number of nitrogens with zero attached hydrogens (tertiary/aromatic N) is 1. The zero-order valence-electron chi connectivity index (χ0n) is 14.4. The van der Waals surface area contributed by atoms with Gasteiger partial charge in [0.05, 0.1) is 10.0 Å². The second kappa shape index (κ2) is 7.68. The molecule has 0 aromatic heterocycles. The van der Waals surface area contributed by atoms with Gasteiger partial charge in [-0.1, -0.05) is 0 Å². The number of benzene rings is 1. The van der Waals surface area contributed by atoms with Gasteiger partial charge >= 0.3 is 6.09 Å². The van der Waals surface area contributed by atoms with E-state index in [1.54, 1.807) is 20.8 Å². The fourth-order valence-corrected chi connectivity index (χ4v) is 2.93. The Morgan fingerprint density at radius 2 is 1.96 bits per heavy atom. The summed E-state index contributed by atoms with van der Waals surface area (Å²) in [5.74, 6) is -2.09. The average Bonchev–Trinajstić information content (AvgIpc) is 2.48. The van der Waals surface area contributed by atoms with E-state index in [0.29, 0.717) is 19.4 Å². The molecular weight excluding hydrogens is 398 g/mol. The van der Waals surface area contributed by atoms with Gasteiger partial charge < -0.3 is 15.0 Å². The number of rotatable bonds is 2. The average molecular weight is 419 g/mol. The van der Waals surface area contributed by atoms with Crippen LogP contribution >= 0.6 is 15.9 Å². The molecule has 0 unspecified atom stereocenters. The fourth-order valence-electron chi connectivity index (χ4n) is 2.61. The van der Waals surface area contributed by atoms with Crippen molar-refractivity contribution in [1.29, 1.82) is 0 Å². The van der Waals surface area contributed by atoms with Crippen molar-refractivity contribution >= 4 is 27.9 Å². The predicted molar refractivity (Wildman–Crippen MR) is 92.4 cm³/mol. The van der Waals surface area contributed by atoms with Crippen molar-refractivity contribution < 1.29 is 23.1 Å². The van der Waals surface area contributed by atoms with Gasteiger partial charge in [0.15, 0.2) is 0 Å². The zero-order valence-corrected chi connectivity index (χ0v) is 16.0. The predicted octanol–water partition coefficient (Wildman–Crippen LogP) is 3.86. The fraction of sp³-hybridized carbons (Fsp3) is 0.529. The first-order valence-corrected chi connectivity index (χ1v) is 8.79. The molecule has 1 atom stereocenters. The lowest BCUT2D eigenvalue weighted by molar-refractivity contribution is 0.0451. The Bertz CT molecular complexity index is 677. The van der Waals surface area contributed by atoms with Crippen LogP contribution in [-0.4, -0.2) is 41.6 Å². The highest BCUT2D eigenvalue weighted by Gasteiger charge is 2.28. The molecule has 138 valence electrons. The number of ether oxygens (including phenoxy) is 1. The summed E-state index contributed by atoms with van der Waals surface area (Å²) in [5, 5.41) is 2.72. The first-order valence-electron chi connectivity index (χ1n) is 8.00. The van der Waals surface area contributed by atoms with E-state index in [0.717, 1.165) is 12.1 Å². The maximum Gasteiger partial charge on any atom is 0.407 e. The van der Waals surface area contributed by atoms with Gasteiger partial charge in [0.1, 0.15) is 17.2 Å². The third-order valence-electron chi connectivity index (χ3n) is 3.67. The molecule has 1 heterocycles. The normalized spacial score (nSPS) is 18.0. The van der Waals surface area contributed by atoms with Crippen LogP contribution in [0.3, 0.4) is 0 Å². The van der Waals surface area contributed by atoms with Crippen LogP contribution < -0.4 is 5.32 Å². The number of alkyl carbamates (subject to hydrolysis) is 1. The summed E-state index contributed by atoms with van der Waals surface area (Å²) in [5.41, 5.74) is -0.939. The summed E-state index contributed by atoms with van der Waals surface area (Å²) >= 11 is 2.88. The third-order valence-corrected chi connectivity index (χ3v) is 4.28. The lowest BCUT2D eigenvalue weighted by Gasteiger charge is -2.33. The number of likely N-dealkylation sites (tertiary alicyclic amines) is 1. The number of piperidine rings is 1. The second-order valence-corrected chi connectivity index (χ2v) is 7.84.